The van der Waals surface area contributed by atoms with Crippen molar-refractivity contribution in [2.75, 3.05) is 0 Å². The van der Waals surface area contributed by atoms with Crippen LogP contribution in [0.15, 0.2) is 28.0 Å². The molecule has 0 unspecified atom stereocenters. The van der Waals surface area contributed by atoms with E-state index in [0.717, 1.165) is 14.9 Å². The molecule has 2 aromatic heterocycles. The zero-order chi connectivity index (χ0) is 10.7. The van der Waals surface area contributed by atoms with Gasteiger partial charge < -0.3 is 5.73 Å². The summed E-state index contributed by atoms with van der Waals surface area (Å²) in [7, 11) is 0. The quantitative estimate of drug-likeness (QED) is 0.884. The second-order valence-electron chi connectivity index (χ2n) is 2.92. The smallest absolute Gasteiger partial charge is 0.176 e. The Labute approximate surface area is 96.1 Å². The van der Waals surface area contributed by atoms with Crippen LogP contribution >= 0.6 is 23.3 Å². The van der Waals surface area contributed by atoms with Gasteiger partial charge in [-0.3, -0.25) is 0 Å². The number of aromatic nitrogens is 3. The Bertz CT molecular complexity index is 441. The fourth-order valence-electron chi connectivity index (χ4n) is 1.19. The molecular formula is C9H10N4S2. The molecular weight excluding hydrogens is 228 g/mol. The summed E-state index contributed by atoms with van der Waals surface area (Å²) in [5, 5.41) is 0.925. The third-order valence-electron chi connectivity index (χ3n) is 1.98. The normalized spacial score (nSPS) is 10.5. The molecule has 0 bridgehead atoms. The predicted molar refractivity (Wildman–Crippen MR) is 60.9 cm³/mol. The van der Waals surface area contributed by atoms with Gasteiger partial charge in [0.15, 0.2) is 4.34 Å². The van der Waals surface area contributed by atoms with Gasteiger partial charge in [0.25, 0.3) is 0 Å². The number of nitrogens with zero attached hydrogens (tertiary/aromatic N) is 3. The number of rotatable bonds is 3. The third-order valence-corrected chi connectivity index (χ3v) is 3.74. The van der Waals surface area contributed by atoms with Gasteiger partial charge in [0.05, 0.1) is 0 Å². The molecule has 2 rings (SSSR count). The first-order valence-corrected chi connectivity index (χ1v) is 5.99. The molecule has 0 aliphatic rings. The predicted octanol–water partition coefficient (Wildman–Crippen LogP) is 1.85. The molecule has 4 nitrogen and oxygen atoms in total. The van der Waals surface area contributed by atoms with Crippen LogP contribution < -0.4 is 5.73 Å². The van der Waals surface area contributed by atoms with Crippen LogP contribution in [0.1, 0.15) is 11.1 Å². The van der Waals surface area contributed by atoms with Crippen molar-refractivity contribution in [2.24, 2.45) is 5.73 Å². The van der Waals surface area contributed by atoms with Crippen LogP contribution in [0.25, 0.3) is 0 Å². The number of nitrogens with two attached hydrogens (primary N) is 1. The van der Waals surface area contributed by atoms with Crippen LogP contribution in [0.3, 0.4) is 0 Å². The maximum atomic E-state index is 5.69. The van der Waals surface area contributed by atoms with Crippen molar-refractivity contribution >= 4 is 23.3 Å². The monoisotopic (exact) mass is 238 g/mol. The average molecular weight is 238 g/mol. The van der Waals surface area contributed by atoms with Gasteiger partial charge in [0.2, 0.25) is 0 Å². The fourth-order valence-corrected chi connectivity index (χ4v) is 2.73. The van der Waals surface area contributed by atoms with Crippen LogP contribution in [0.4, 0.5) is 0 Å². The highest BCUT2D eigenvalue weighted by Gasteiger charge is 2.08. The Balaban J connectivity index is 2.32. The lowest BCUT2D eigenvalue weighted by Crippen LogP contribution is -2.02. The van der Waals surface area contributed by atoms with Crippen LogP contribution in [0.5, 0.6) is 0 Å². The van der Waals surface area contributed by atoms with Crippen molar-refractivity contribution in [3.05, 3.63) is 29.7 Å². The number of pyridine rings is 1. The van der Waals surface area contributed by atoms with E-state index < -0.39 is 0 Å². The molecule has 2 heterocycles. The molecule has 0 spiro atoms. The Kier molecular flexibility index (Phi) is 3.30. The summed E-state index contributed by atoms with van der Waals surface area (Å²) in [6.07, 6.45) is 3.34. The van der Waals surface area contributed by atoms with Gasteiger partial charge in [-0.15, -0.1) is 0 Å². The van der Waals surface area contributed by atoms with Crippen molar-refractivity contribution in [3.63, 3.8) is 0 Å². The summed E-state index contributed by atoms with van der Waals surface area (Å²) < 4.78 is 4.84. The van der Waals surface area contributed by atoms with Gasteiger partial charge in [-0.25, -0.2) is 9.97 Å². The average Bonchev–Trinajstić information content (AvgIpc) is 2.71. The van der Waals surface area contributed by atoms with Crippen molar-refractivity contribution < 1.29 is 0 Å². The van der Waals surface area contributed by atoms with Crippen LogP contribution in [0.2, 0.25) is 0 Å². The van der Waals surface area contributed by atoms with E-state index in [1.807, 2.05) is 13.0 Å². The minimum absolute atomic E-state index is 0.501. The summed E-state index contributed by atoms with van der Waals surface area (Å²) in [4.78, 5) is 8.41. The van der Waals surface area contributed by atoms with E-state index in [9.17, 15) is 0 Å². The zero-order valence-corrected chi connectivity index (χ0v) is 9.81. The molecule has 15 heavy (non-hydrogen) atoms. The Hall–Kier alpha value is -0.980. The van der Waals surface area contributed by atoms with Crippen molar-refractivity contribution in [1.29, 1.82) is 0 Å². The first kappa shape index (κ1) is 10.5. The molecule has 0 aliphatic carbocycles. The summed E-state index contributed by atoms with van der Waals surface area (Å²) in [5.74, 6) is 0. The van der Waals surface area contributed by atoms with Crippen molar-refractivity contribution in [2.45, 2.75) is 22.8 Å². The van der Waals surface area contributed by atoms with E-state index in [-0.39, 0.29) is 0 Å². The third kappa shape index (κ3) is 2.34. The molecule has 78 valence electrons. The van der Waals surface area contributed by atoms with Crippen LogP contribution in [0, 0.1) is 6.92 Å². The summed E-state index contributed by atoms with van der Waals surface area (Å²) in [6, 6.07) is 1.96. The van der Waals surface area contributed by atoms with Gasteiger partial charge >= 0.3 is 0 Å². The van der Waals surface area contributed by atoms with Crippen LogP contribution in [-0.2, 0) is 6.54 Å². The number of hydrogen-bond donors (Lipinski definition) is 1. The molecule has 0 fully saturated rings. The number of hydrogen-bond acceptors (Lipinski definition) is 6. The second-order valence-corrected chi connectivity index (χ2v) is 4.94. The van der Waals surface area contributed by atoms with Gasteiger partial charge in [0, 0.05) is 18.3 Å². The molecule has 0 atom stereocenters. The van der Waals surface area contributed by atoms with Gasteiger partial charge in [-0.1, -0.05) is 0 Å². The molecule has 0 amide bonds. The van der Waals surface area contributed by atoms with Gasteiger partial charge in [-0.05, 0) is 41.8 Å². The summed E-state index contributed by atoms with van der Waals surface area (Å²) >= 11 is 2.88. The number of aryl methyl sites for hydroxylation is 1. The molecule has 0 aromatic carbocycles. The standard InChI is InChI=1S/C9H10N4S2/c1-6-2-3-11-8(7(6)4-10)14-9-12-5-13-15-9/h2-3,5H,4,10H2,1H3. The minimum atomic E-state index is 0.501. The molecule has 2 N–H and O–H groups in total. The summed E-state index contributed by atoms with van der Waals surface area (Å²) in [5.41, 5.74) is 7.94. The molecule has 2 aromatic rings. The lowest BCUT2D eigenvalue weighted by Gasteiger charge is -2.06. The fraction of sp³-hybridized carbons (Fsp3) is 0.222. The Morgan fingerprint density at radius 1 is 1.47 bits per heavy atom. The van der Waals surface area contributed by atoms with E-state index in [1.165, 1.54) is 28.9 Å². The highest BCUT2D eigenvalue weighted by Crippen LogP contribution is 2.30. The zero-order valence-electron chi connectivity index (χ0n) is 8.17. The van der Waals surface area contributed by atoms with Crippen LogP contribution in [-0.4, -0.2) is 14.3 Å². The van der Waals surface area contributed by atoms with E-state index in [1.54, 1.807) is 12.5 Å². The second kappa shape index (κ2) is 4.69. The molecule has 0 radical (unpaired) electrons. The topological polar surface area (TPSA) is 64.7 Å². The highest BCUT2D eigenvalue weighted by atomic mass is 32.2. The molecule has 6 heteroatoms. The maximum Gasteiger partial charge on any atom is 0.176 e. The van der Waals surface area contributed by atoms with Gasteiger partial charge in [0.1, 0.15) is 11.4 Å². The van der Waals surface area contributed by atoms with E-state index in [0.29, 0.717) is 6.54 Å². The lowest BCUT2D eigenvalue weighted by molar-refractivity contribution is 0.942. The SMILES string of the molecule is Cc1ccnc(Sc2ncns2)c1CN. The van der Waals surface area contributed by atoms with E-state index in [2.05, 4.69) is 14.3 Å². The summed E-state index contributed by atoms with van der Waals surface area (Å²) in [6.45, 7) is 2.54. The van der Waals surface area contributed by atoms with E-state index in [4.69, 9.17) is 5.73 Å². The highest BCUT2D eigenvalue weighted by molar-refractivity contribution is 8.00. The lowest BCUT2D eigenvalue weighted by atomic mass is 10.2. The van der Waals surface area contributed by atoms with Crippen molar-refractivity contribution in [1.82, 2.24) is 14.3 Å². The minimum Gasteiger partial charge on any atom is -0.326 e. The molecule has 0 saturated heterocycles. The first-order chi connectivity index (χ1) is 7.31. The molecule has 0 aliphatic heterocycles. The van der Waals surface area contributed by atoms with Gasteiger partial charge in [-0.2, -0.15) is 4.37 Å². The Morgan fingerprint density at radius 2 is 2.33 bits per heavy atom. The molecule has 0 saturated carbocycles. The maximum absolute atomic E-state index is 5.69. The van der Waals surface area contributed by atoms with Crippen molar-refractivity contribution in [3.8, 4) is 0 Å². The van der Waals surface area contributed by atoms with E-state index >= 15 is 0 Å². The largest absolute Gasteiger partial charge is 0.326 e. The first-order valence-electron chi connectivity index (χ1n) is 4.40. The Morgan fingerprint density at radius 3 is 3.00 bits per heavy atom.